The molecule has 2 aromatic carbocycles. The molecule has 0 unspecified atom stereocenters. The van der Waals surface area contributed by atoms with Gasteiger partial charge < -0.3 is 14.8 Å². The third-order valence-corrected chi connectivity index (χ3v) is 5.09. The van der Waals surface area contributed by atoms with Gasteiger partial charge >= 0.3 is 0 Å². The molecule has 2 bridgehead atoms. The third-order valence-electron chi connectivity index (χ3n) is 4.79. The highest BCUT2D eigenvalue weighted by molar-refractivity contribution is 7.80. The zero-order valence-electron chi connectivity index (χ0n) is 14.3. The van der Waals surface area contributed by atoms with Crippen molar-refractivity contribution < 1.29 is 14.4 Å². The Balaban J connectivity index is 1.80. The van der Waals surface area contributed by atoms with E-state index in [1.165, 1.54) is 6.07 Å². The Kier molecular flexibility index (Phi) is 3.73. The molecule has 0 saturated carbocycles. The lowest BCUT2D eigenvalue weighted by Gasteiger charge is -2.52. The van der Waals surface area contributed by atoms with Gasteiger partial charge in [0.25, 0.3) is 5.69 Å². The number of rotatable bonds is 3. The van der Waals surface area contributed by atoms with Gasteiger partial charge in [0.15, 0.2) is 10.8 Å². The third kappa shape index (κ3) is 2.45. The predicted molar refractivity (Wildman–Crippen MR) is 101 cm³/mol. The molecule has 2 aliphatic heterocycles. The van der Waals surface area contributed by atoms with E-state index in [1.54, 1.807) is 19.2 Å². The van der Waals surface area contributed by atoms with Crippen molar-refractivity contribution >= 4 is 28.7 Å². The van der Waals surface area contributed by atoms with E-state index in [4.69, 9.17) is 21.7 Å². The molecule has 7 nitrogen and oxygen atoms in total. The second kappa shape index (κ2) is 5.84. The highest BCUT2D eigenvalue weighted by Gasteiger charge is 2.49. The summed E-state index contributed by atoms with van der Waals surface area (Å²) in [7, 11) is 1.61. The van der Waals surface area contributed by atoms with Gasteiger partial charge in [-0.15, -0.1) is 0 Å². The first-order chi connectivity index (χ1) is 12.4. The molecule has 0 radical (unpaired) electrons. The number of nitro benzene ring substituents is 1. The van der Waals surface area contributed by atoms with Crippen LogP contribution in [0, 0.1) is 10.1 Å². The van der Waals surface area contributed by atoms with Crippen molar-refractivity contribution in [1.82, 2.24) is 5.32 Å². The highest BCUT2D eigenvalue weighted by Crippen LogP contribution is 2.47. The number of para-hydroxylation sites is 2. The molecule has 2 aliphatic rings. The fourth-order valence-corrected chi connectivity index (χ4v) is 4.09. The lowest BCUT2D eigenvalue weighted by molar-refractivity contribution is -0.385. The second-order valence-electron chi connectivity index (χ2n) is 6.47. The summed E-state index contributed by atoms with van der Waals surface area (Å²) in [4.78, 5) is 12.6. The minimum absolute atomic E-state index is 0.0378. The maximum absolute atomic E-state index is 11.1. The van der Waals surface area contributed by atoms with Crippen LogP contribution in [0.2, 0.25) is 0 Å². The molecule has 2 aromatic rings. The van der Waals surface area contributed by atoms with Crippen molar-refractivity contribution in [3.05, 3.63) is 58.1 Å². The Morgan fingerprint density at radius 2 is 2.15 bits per heavy atom. The lowest BCUT2D eigenvalue weighted by Crippen LogP contribution is -2.65. The van der Waals surface area contributed by atoms with E-state index in [0.29, 0.717) is 23.0 Å². The molecule has 1 fully saturated rings. The highest BCUT2D eigenvalue weighted by atomic mass is 32.1. The zero-order valence-corrected chi connectivity index (χ0v) is 15.1. The van der Waals surface area contributed by atoms with E-state index in [-0.39, 0.29) is 11.7 Å². The molecule has 0 amide bonds. The molecule has 26 heavy (non-hydrogen) atoms. The van der Waals surface area contributed by atoms with Crippen LogP contribution in [0.4, 0.5) is 11.4 Å². The number of anilines is 1. The minimum Gasteiger partial charge on any atom is -0.495 e. The normalized spacial score (nSPS) is 23.5. The monoisotopic (exact) mass is 371 g/mol. The standard InChI is InChI=1S/C18H17N3O4S/c1-18-10-13(12-9-11(21(22)23)7-8-15(12)25-18)19-17(26)20(18)14-5-3-4-6-16(14)24-2/h3-9,13H,10H2,1-2H3,(H,19,26)/t13-,18+/m1/s1. The predicted octanol–water partition coefficient (Wildman–Crippen LogP) is 3.54. The number of hydrogen-bond donors (Lipinski definition) is 1. The van der Waals surface area contributed by atoms with Gasteiger partial charge in [-0.3, -0.25) is 15.0 Å². The maximum atomic E-state index is 11.1. The van der Waals surface area contributed by atoms with Crippen LogP contribution in [-0.4, -0.2) is 22.9 Å². The molecule has 2 atom stereocenters. The van der Waals surface area contributed by atoms with Gasteiger partial charge in [-0.05, 0) is 37.3 Å². The van der Waals surface area contributed by atoms with Gasteiger partial charge in [0.1, 0.15) is 11.5 Å². The molecule has 2 heterocycles. The average molecular weight is 371 g/mol. The van der Waals surface area contributed by atoms with Crippen molar-refractivity contribution in [1.29, 1.82) is 0 Å². The molecule has 1 saturated heterocycles. The number of fused-ring (bicyclic) bond motifs is 4. The van der Waals surface area contributed by atoms with Crippen LogP contribution >= 0.6 is 12.2 Å². The Morgan fingerprint density at radius 1 is 1.38 bits per heavy atom. The SMILES string of the molecule is COc1ccccc1N1C(=S)N[C@@H]2C[C@]1(C)Oc1ccc([N+](=O)[O-])cc12. The van der Waals surface area contributed by atoms with E-state index in [2.05, 4.69) is 5.32 Å². The minimum atomic E-state index is -0.731. The van der Waals surface area contributed by atoms with Gasteiger partial charge in [0.05, 0.1) is 23.8 Å². The summed E-state index contributed by atoms with van der Waals surface area (Å²) in [6, 6.07) is 12.1. The van der Waals surface area contributed by atoms with Gasteiger partial charge in [-0.1, -0.05) is 12.1 Å². The number of thiocarbonyl (C=S) groups is 1. The Hall–Kier alpha value is -2.87. The number of nitrogens with one attached hydrogen (secondary N) is 1. The van der Waals surface area contributed by atoms with Gasteiger partial charge in [-0.25, -0.2) is 0 Å². The summed E-state index contributed by atoms with van der Waals surface area (Å²) < 4.78 is 11.8. The smallest absolute Gasteiger partial charge is 0.270 e. The molecular formula is C18H17N3O4S. The Morgan fingerprint density at radius 3 is 2.88 bits per heavy atom. The van der Waals surface area contributed by atoms with Crippen molar-refractivity contribution in [3.63, 3.8) is 0 Å². The molecule has 1 N–H and O–H groups in total. The second-order valence-corrected chi connectivity index (χ2v) is 6.86. The zero-order chi connectivity index (χ0) is 18.5. The maximum Gasteiger partial charge on any atom is 0.270 e. The van der Waals surface area contributed by atoms with E-state index < -0.39 is 10.6 Å². The number of nitro groups is 1. The van der Waals surface area contributed by atoms with Crippen LogP contribution in [-0.2, 0) is 0 Å². The summed E-state index contributed by atoms with van der Waals surface area (Å²) in [5.41, 5.74) is 0.860. The van der Waals surface area contributed by atoms with E-state index in [0.717, 1.165) is 11.3 Å². The van der Waals surface area contributed by atoms with Crippen LogP contribution < -0.4 is 19.7 Å². The number of nitrogens with zero attached hydrogens (tertiary/aromatic N) is 2. The van der Waals surface area contributed by atoms with Crippen molar-refractivity contribution in [2.24, 2.45) is 0 Å². The van der Waals surface area contributed by atoms with E-state index >= 15 is 0 Å². The summed E-state index contributed by atoms with van der Waals surface area (Å²) in [5.74, 6) is 1.30. The number of benzene rings is 2. The fraction of sp³-hybridized carbons (Fsp3) is 0.278. The number of ether oxygens (including phenoxy) is 2. The van der Waals surface area contributed by atoms with Crippen LogP contribution in [0.5, 0.6) is 11.5 Å². The molecular weight excluding hydrogens is 354 g/mol. The topological polar surface area (TPSA) is 76.9 Å². The van der Waals surface area contributed by atoms with Gasteiger partial charge in [0.2, 0.25) is 0 Å². The molecule has 4 rings (SSSR count). The summed E-state index contributed by atoms with van der Waals surface area (Å²) >= 11 is 5.60. The molecule has 0 spiro atoms. The number of hydrogen-bond acceptors (Lipinski definition) is 5. The quantitative estimate of drug-likeness (QED) is 0.502. The molecule has 8 heteroatoms. The first-order valence-corrected chi connectivity index (χ1v) is 8.55. The first-order valence-electron chi connectivity index (χ1n) is 8.14. The summed E-state index contributed by atoms with van der Waals surface area (Å²) in [6.07, 6.45) is 0.583. The van der Waals surface area contributed by atoms with E-state index in [1.807, 2.05) is 36.1 Å². The largest absolute Gasteiger partial charge is 0.495 e. The van der Waals surface area contributed by atoms with Crippen molar-refractivity contribution in [2.45, 2.75) is 25.1 Å². The lowest BCUT2D eigenvalue weighted by atomic mass is 9.90. The summed E-state index contributed by atoms with van der Waals surface area (Å²) in [5, 5.41) is 14.9. The average Bonchev–Trinajstić information content (AvgIpc) is 2.61. The van der Waals surface area contributed by atoms with E-state index in [9.17, 15) is 10.1 Å². The van der Waals surface area contributed by atoms with Crippen LogP contribution in [0.3, 0.4) is 0 Å². The van der Waals surface area contributed by atoms with Crippen LogP contribution in [0.25, 0.3) is 0 Å². The Labute approximate surface area is 155 Å². The first kappa shape index (κ1) is 16.6. The molecule has 134 valence electrons. The fourth-order valence-electron chi connectivity index (χ4n) is 3.65. The van der Waals surface area contributed by atoms with Crippen LogP contribution in [0.1, 0.15) is 24.9 Å². The Bertz CT molecular complexity index is 919. The molecule has 0 aromatic heterocycles. The number of methoxy groups -OCH3 is 1. The number of non-ortho nitro benzene ring substituents is 1. The summed E-state index contributed by atoms with van der Waals surface area (Å²) in [6.45, 7) is 1.96. The molecule has 0 aliphatic carbocycles. The van der Waals surface area contributed by atoms with Gasteiger partial charge in [-0.2, -0.15) is 0 Å². The van der Waals surface area contributed by atoms with Gasteiger partial charge in [0, 0.05) is 24.1 Å². The van der Waals surface area contributed by atoms with Crippen molar-refractivity contribution in [3.8, 4) is 11.5 Å². The van der Waals surface area contributed by atoms with Crippen LogP contribution in [0.15, 0.2) is 42.5 Å². The van der Waals surface area contributed by atoms with Crippen molar-refractivity contribution in [2.75, 3.05) is 12.0 Å².